The zero-order chi connectivity index (χ0) is 10.5. The molecule has 0 bridgehead atoms. The maximum atomic E-state index is 5.30. The van der Waals surface area contributed by atoms with Gasteiger partial charge in [0.1, 0.15) is 5.84 Å². The maximum Gasteiger partial charge on any atom is 0.103 e. The summed E-state index contributed by atoms with van der Waals surface area (Å²) >= 11 is 0. The van der Waals surface area contributed by atoms with Crippen LogP contribution in [0.3, 0.4) is 0 Å². The van der Waals surface area contributed by atoms with Gasteiger partial charge < -0.3 is 10.1 Å². The smallest absolute Gasteiger partial charge is 0.103 e. The van der Waals surface area contributed by atoms with Gasteiger partial charge in [-0.3, -0.25) is 4.99 Å². The first kappa shape index (κ1) is 13.0. The van der Waals surface area contributed by atoms with E-state index in [1.165, 1.54) is 11.3 Å². The summed E-state index contributed by atoms with van der Waals surface area (Å²) in [7, 11) is 0. The van der Waals surface area contributed by atoms with E-state index in [0.29, 0.717) is 0 Å². The fraction of sp³-hybridized carbons (Fsp3) is 0.417. The topological polar surface area (TPSA) is 33.6 Å². The number of ether oxygens (including phenoxy) is 1. The Morgan fingerprint density at radius 3 is 3.00 bits per heavy atom. The monoisotopic (exact) mass is 240 g/mol. The Hall–Kier alpha value is -1.06. The predicted octanol–water partition coefficient (Wildman–Crippen LogP) is 2.86. The van der Waals surface area contributed by atoms with Crippen LogP contribution in [0, 0.1) is 0 Å². The highest BCUT2D eigenvalue weighted by Gasteiger charge is 2.09. The summed E-state index contributed by atoms with van der Waals surface area (Å²) in [5.74, 6) is 1.03. The van der Waals surface area contributed by atoms with Gasteiger partial charge in [-0.15, -0.1) is 12.4 Å². The average Bonchev–Trinajstić information content (AvgIpc) is 2.29. The van der Waals surface area contributed by atoms with Crippen molar-refractivity contribution in [2.45, 2.75) is 19.9 Å². The van der Waals surface area contributed by atoms with Crippen molar-refractivity contribution < 1.29 is 4.74 Å². The van der Waals surface area contributed by atoms with E-state index in [9.17, 15) is 0 Å². The lowest BCUT2D eigenvalue weighted by Gasteiger charge is -2.18. The molecular formula is C12H17ClN2O. The summed E-state index contributed by atoms with van der Waals surface area (Å²) in [5, 5.41) is 3.33. The van der Waals surface area contributed by atoms with Crippen LogP contribution in [-0.4, -0.2) is 19.0 Å². The highest BCUT2D eigenvalue weighted by molar-refractivity contribution is 5.97. The molecule has 4 heteroatoms. The Morgan fingerprint density at radius 1 is 1.38 bits per heavy atom. The Kier molecular flexibility index (Phi) is 5.29. The van der Waals surface area contributed by atoms with Gasteiger partial charge in [-0.2, -0.15) is 0 Å². The third-order valence-corrected chi connectivity index (χ3v) is 2.42. The number of aliphatic imine (C=N–C) groups is 1. The van der Waals surface area contributed by atoms with Gasteiger partial charge in [0, 0.05) is 18.7 Å². The molecule has 16 heavy (non-hydrogen) atoms. The average molecular weight is 241 g/mol. The number of fused-ring (bicyclic) bond motifs is 1. The Bertz CT molecular complexity index is 366. The molecule has 0 amide bonds. The van der Waals surface area contributed by atoms with Gasteiger partial charge in [0.05, 0.1) is 13.2 Å². The van der Waals surface area contributed by atoms with Crippen molar-refractivity contribution in [2.75, 3.05) is 18.5 Å². The molecule has 0 saturated heterocycles. The van der Waals surface area contributed by atoms with Gasteiger partial charge in [-0.05, 0) is 18.6 Å². The fourth-order valence-electron chi connectivity index (χ4n) is 1.61. The zero-order valence-corrected chi connectivity index (χ0v) is 10.2. The van der Waals surface area contributed by atoms with Gasteiger partial charge >= 0.3 is 0 Å². The van der Waals surface area contributed by atoms with Crippen molar-refractivity contribution in [1.29, 1.82) is 0 Å². The molecule has 0 fully saturated rings. The Morgan fingerprint density at radius 2 is 2.19 bits per heavy atom. The van der Waals surface area contributed by atoms with Crippen LogP contribution in [0.15, 0.2) is 29.3 Å². The van der Waals surface area contributed by atoms with Crippen LogP contribution in [0.4, 0.5) is 5.69 Å². The van der Waals surface area contributed by atoms with E-state index in [-0.39, 0.29) is 12.4 Å². The minimum Gasteiger partial charge on any atom is -0.381 e. The third-order valence-electron chi connectivity index (χ3n) is 2.42. The van der Waals surface area contributed by atoms with Crippen LogP contribution in [0.5, 0.6) is 0 Å². The standard InChI is InChI=1S/C12H16N2O.ClH/c1-2-15-8-7-12-13-9-10-5-3-4-6-11(10)14-12;/h3-6H,2,7-9H2,1H3,(H,13,14);1H. The molecular weight excluding hydrogens is 224 g/mol. The van der Waals surface area contributed by atoms with Gasteiger partial charge in [-0.1, -0.05) is 18.2 Å². The molecule has 2 rings (SSSR count). The molecule has 0 spiro atoms. The van der Waals surface area contributed by atoms with Crippen LogP contribution in [-0.2, 0) is 11.3 Å². The largest absolute Gasteiger partial charge is 0.381 e. The van der Waals surface area contributed by atoms with E-state index in [1.807, 2.05) is 19.1 Å². The predicted molar refractivity (Wildman–Crippen MR) is 69.6 cm³/mol. The van der Waals surface area contributed by atoms with Crippen LogP contribution in [0.2, 0.25) is 0 Å². The number of hydrogen-bond acceptors (Lipinski definition) is 3. The van der Waals surface area contributed by atoms with Crippen LogP contribution < -0.4 is 5.32 Å². The van der Waals surface area contributed by atoms with E-state index in [0.717, 1.165) is 32.0 Å². The molecule has 1 N–H and O–H groups in total. The third kappa shape index (κ3) is 3.22. The summed E-state index contributed by atoms with van der Waals surface area (Å²) < 4.78 is 5.30. The Balaban J connectivity index is 0.00000128. The number of rotatable bonds is 4. The molecule has 3 nitrogen and oxygen atoms in total. The van der Waals surface area contributed by atoms with Crippen molar-refractivity contribution in [2.24, 2.45) is 4.99 Å². The number of para-hydroxylation sites is 1. The molecule has 1 aliphatic heterocycles. The SMILES string of the molecule is CCOCCC1=NCc2ccccc2N1.Cl. The van der Waals surface area contributed by atoms with E-state index in [2.05, 4.69) is 22.4 Å². The number of nitrogens with zero attached hydrogens (tertiary/aromatic N) is 1. The van der Waals surface area contributed by atoms with Crippen molar-refractivity contribution in [3.8, 4) is 0 Å². The number of benzene rings is 1. The molecule has 0 radical (unpaired) electrons. The second-order valence-electron chi connectivity index (χ2n) is 3.49. The summed E-state index contributed by atoms with van der Waals surface area (Å²) in [5.41, 5.74) is 2.44. The van der Waals surface area contributed by atoms with E-state index >= 15 is 0 Å². The molecule has 1 aromatic carbocycles. The lowest BCUT2D eigenvalue weighted by molar-refractivity contribution is 0.155. The second kappa shape index (κ2) is 6.51. The van der Waals surface area contributed by atoms with E-state index < -0.39 is 0 Å². The molecule has 0 unspecified atom stereocenters. The summed E-state index contributed by atoms with van der Waals surface area (Å²) in [4.78, 5) is 4.47. The van der Waals surface area contributed by atoms with Gasteiger partial charge in [0.15, 0.2) is 0 Å². The minimum absolute atomic E-state index is 0. The molecule has 88 valence electrons. The zero-order valence-electron chi connectivity index (χ0n) is 9.40. The van der Waals surface area contributed by atoms with E-state index in [4.69, 9.17) is 4.74 Å². The second-order valence-corrected chi connectivity index (χ2v) is 3.49. The lowest BCUT2D eigenvalue weighted by Crippen LogP contribution is -2.19. The summed E-state index contributed by atoms with van der Waals surface area (Å²) in [6, 6.07) is 8.27. The number of amidine groups is 1. The van der Waals surface area contributed by atoms with Gasteiger partial charge in [0.25, 0.3) is 0 Å². The minimum atomic E-state index is 0. The highest BCUT2D eigenvalue weighted by atomic mass is 35.5. The van der Waals surface area contributed by atoms with Crippen LogP contribution in [0.25, 0.3) is 0 Å². The Labute approximate surface area is 102 Å². The number of halogens is 1. The number of hydrogen-bond donors (Lipinski definition) is 1. The molecule has 1 aliphatic rings. The molecule has 0 atom stereocenters. The maximum absolute atomic E-state index is 5.30. The van der Waals surface area contributed by atoms with Crippen LogP contribution in [0.1, 0.15) is 18.9 Å². The summed E-state index contributed by atoms with van der Waals surface area (Å²) in [6.45, 7) is 4.30. The number of anilines is 1. The molecule has 0 saturated carbocycles. The van der Waals surface area contributed by atoms with E-state index in [1.54, 1.807) is 0 Å². The first-order chi connectivity index (χ1) is 7.40. The molecule has 1 aromatic rings. The van der Waals surface area contributed by atoms with Crippen LogP contribution >= 0.6 is 12.4 Å². The van der Waals surface area contributed by atoms with Gasteiger partial charge in [-0.25, -0.2) is 0 Å². The normalized spacial score (nSPS) is 13.2. The molecule has 0 aromatic heterocycles. The lowest BCUT2D eigenvalue weighted by atomic mass is 10.1. The first-order valence-electron chi connectivity index (χ1n) is 5.36. The molecule has 1 heterocycles. The quantitative estimate of drug-likeness (QED) is 0.822. The van der Waals surface area contributed by atoms with Gasteiger partial charge in [0.2, 0.25) is 0 Å². The molecule has 0 aliphatic carbocycles. The van der Waals surface area contributed by atoms with Crippen molar-refractivity contribution in [3.63, 3.8) is 0 Å². The van der Waals surface area contributed by atoms with Crippen molar-refractivity contribution in [3.05, 3.63) is 29.8 Å². The summed E-state index contributed by atoms with van der Waals surface area (Å²) in [6.07, 6.45) is 0.863. The van der Waals surface area contributed by atoms with Crippen molar-refractivity contribution in [1.82, 2.24) is 0 Å². The van der Waals surface area contributed by atoms with Crippen molar-refractivity contribution >= 4 is 23.9 Å². The fourth-order valence-corrected chi connectivity index (χ4v) is 1.61. The number of nitrogens with one attached hydrogen (secondary N) is 1. The first-order valence-corrected chi connectivity index (χ1v) is 5.36. The highest BCUT2D eigenvalue weighted by Crippen LogP contribution is 2.20.